The molecule has 0 aliphatic carbocycles. The Balaban J connectivity index is 1.55. The minimum Gasteiger partial charge on any atom is -0.497 e. The van der Waals surface area contributed by atoms with Crippen LogP contribution in [0.25, 0.3) is 0 Å². The van der Waals surface area contributed by atoms with E-state index in [2.05, 4.69) is 4.98 Å². The third kappa shape index (κ3) is 6.91. The second kappa shape index (κ2) is 12.4. The second-order valence-electron chi connectivity index (χ2n) is 9.62. The SMILES string of the molecule is COc1cccc(C(O)(C(=O)NC[C@H](F)CC2CCN(c3ccc(C(=O)N(C)C)c(Cl)n3)CC2)C(F)(F)F)c1. The van der Waals surface area contributed by atoms with Gasteiger partial charge < -0.3 is 25.0 Å². The van der Waals surface area contributed by atoms with Crippen molar-refractivity contribution < 1.29 is 37.0 Å². The number of alkyl halides is 4. The lowest BCUT2D eigenvalue weighted by molar-refractivity contribution is -0.257. The van der Waals surface area contributed by atoms with Gasteiger partial charge in [0, 0.05) is 39.3 Å². The predicted molar refractivity (Wildman–Crippen MR) is 138 cm³/mol. The van der Waals surface area contributed by atoms with Crippen LogP contribution in [-0.4, -0.2) is 80.0 Å². The molecule has 2 amide bonds. The van der Waals surface area contributed by atoms with Crippen molar-refractivity contribution in [1.29, 1.82) is 0 Å². The van der Waals surface area contributed by atoms with Crippen LogP contribution in [0.4, 0.5) is 23.4 Å². The summed E-state index contributed by atoms with van der Waals surface area (Å²) in [6.07, 6.45) is -5.76. The zero-order valence-corrected chi connectivity index (χ0v) is 22.5. The number of nitrogens with one attached hydrogen (secondary N) is 1. The number of benzene rings is 1. The minimum absolute atomic E-state index is 0.0214. The van der Waals surface area contributed by atoms with Gasteiger partial charge in [0.2, 0.25) is 0 Å². The molecule has 2 atom stereocenters. The van der Waals surface area contributed by atoms with Gasteiger partial charge in [-0.25, -0.2) is 9.37 Å². The van der Waals surface area contributed by atoms with Crippen LogP contribution in [0.5, 0.6) is 5.75 Å². The Morgan fingerprint density at radius 1 is 1.23 bits per heavy atom. The number of ether oxygens (including phenoxy) is 1. The Hall–Kier alpha value is -3.12. The molecule has 13 heteroatoms. The molecular formula is C26H31ClF4N4O4. The van der Waals surface area contributed by atoms with Crippen molar-refractivity contribution in [3.63, 3.8) is 0 Å². The number of nitrogens with zero attached hydrogens (tertiary/aromatic N) is 3. The number of aromatic nitrogens is 1. The van der Waals surface area contributed by atoms with Crippen LogP contribution in [0.15, 0.2) is 36.4 Å². The number of rotatable bonds is 9. The molecule has 8 nitrogen and oxygen atoms in total. The molecule has 1 unspecified atom stereocenters. The van der Waals surface area contributed by atoms with Crippen LogP contribution in [-0.2, 0) is 10.4 Å². The Morgan fingerprint density at radius 3 is 2.46 bits per heavy atom. The van der Waals surface area contributed by atoms with Crippen LogP contribution in [0.3, 0.4) is 0 Å². The monoisotopic (exact) mass is 574 g/mol. The maximum absolute atomic E-state index is 14.7. The Kier molecular flexibility index (Phi) is 9.65. The molecule has 0 bridgehead atoms. The highest BCUT2D eigenvalue weighted by Gasteiger charge is 2.61. The summed E-state index contributed by atoms with van der Waals surface area (Å²) in [6, 6.07) is 7.74. The number of anilines is 1. The largest absolute Gasteiger partial charge is 0.497 e. The first-order valence-corrected chi connectivity index (χ1v) is 12.6. The number of hydrogen-bond donors (Lipinski definition) is 2. The number of halogens is 5. The van der Waals surface area contributed by atoms with Gasteiger partial charge in [0.1, 0.15) is 22.9 Å². The summed E-state index contributed by atoms with van der Waals surface area (Å²) in [5.74, 6) is -1.50. The van der Waals surface area contributed by atoms with Gasteiger partial charge in [0.25, 0.3) is 17.4 Å². The summed E-state index contributed by atoms with van der Waals surface area (Å²) in [5.41, 5.74) is -4.32. The van der Waals surface area contributed by atoms with Gasteiger partial charge in [-0.2, -0.15) is 13.2 Å². The van der Waals surface area contributed by atoms with E-state index >= 15 is 0 Å². The molecule has 3 rings (SSSR count). The lowest BCUT2D eigenvalue weighted by Gasteiger charge is -2.34. The fourth-order valence-electron chi connectivity index (χ4n) is 4.45. The Labute approximate surface area is 228 Å². The first-order chi connectivity index (χ1) is 18.3. The van der Waals surface area contributed by atoms with Crippen molar-refractivity contribution in [2.75, 3.05) is 45.7 Å². The van der Waals surface area contributed by atoms with Crippen LogP contribution >= 0.6 is 11.6 Å². The van der Waals surface area contributed by atoms with E-state index in [1.807, 2.05) is 10.2 Å². The van der Waals surface area contributed by atoms with Crippen molar-refractivity contribution in [3.05, 3.63) is 52.7 Å². The van der Waals surface area contributed by atoms with Gasteiger partial charge >= 0.3 is 6.18 Å². The Morgan fingerprint density at radius 2 is 1.90 bits per heavy atom. The Bertz CT molecular complexity index is 1170. The third-order valence-electron chi connectivity index (χ3n) is 6.71. The molecule has 1 aromatic heterocycles. The van der Waals surface area contributed by atoms with E-state index in [0.29, 0.717) is 31.7 Å². The number of piperidine rings is 1. The molecular weight excluding hydrogens is 544 g/mol. The van der Waals surface area contributed by atoms with Gasteiger partial charge in [-0.15, -0.1) is 0 Å². The molecule has 1 saturated heterocycles. The molecule has 0 spiro atoms. The summed E-state index contributed by atoms with van der Waals surface area (Å²) in [5, 5.41) is 12.4. The lowest BCUT2D eigenvalue weighted by Crippen LogP contribution is -2.55. The number of amides is 2. The number of carbonyl (C=O) groups is 2. The van der Waals surface area contributed by atoms with E-state index in [4.69, 9.17) is 16.3 Å². The lowest BCUT2D eigenvalue weighted by atomic mass is 9.90. The highest BCUT2D eigenvalue weighted by molar-refractivity contribution is 6.32. The van der Waals surface area contributed by atoms with E-state index < -0.39 is 36.0 Å². The smallest absolute Gasteiger partial charge is 0.430 e. The molecule has 1 aliphatic rings. The van der Waals surface area contributed by atoms with Gasteiger partial charge in [-0.05, 0) is 49.4 Å². The quantitative estimate of drug-likeness (QED) is 0.348. The van der Waals surface area contributed by atoms with Gasteiger partial charge in [0.05, 0.1) is 12.7 Å². The molecule has 2 N–H and O–H groups in total. The number of hydrogen-bond acceptors (Lipinski definition) is 6. The van der Waals surface area contributed by atoms with E-state index in [0.717, 1.165) is 12.1 Å². The number of pyridine rings is 1. The van der Waals surface area contributed by atoms with E-state index in [1.165, 1.54) is 24.1 Å². The van der Waals surface area contributed by atoms with Gasteiger partial charge in [-0.3, -0.25) is 9.59 Å². The molecule has 1 aromatic carbocycles. The first kappa shape index (κ1) is 30.4. The predicted octanol–water partition coefficient (Wildman–Crippen LogP) is 3.96. The third-order valence-corrected chi connectivity index (χ3v) is 7.00. The van der Waals surface area contributed by atoms with Crippen molar-refractivity contribution in [2.45, 2.75) is 37.2 Å². The van der Waals surface area contributed by atoms with Crippen molar-refractivity contribution in [3.8, 4) is 5.75 Å². The summed E-state index contributed by atoms with van der Waals surface area (Å²) in [6.45, 7) is 0.398. The molecule has 39 heavy (non-hydrogen) atoms. The molecule has 2 heterocycles. The highest BCUT2D eigenvalue weighted by Crippen LogP contribution is 2.40. The summed E-state index contributed by atoms with van der Waals surface area (Å²) >= 11 is 6.20. The van der Waals surface area contributed by atoms with Crippen LogP contribution in [0.1, 0.15) is 35.2 Å². The van der Waals surface area contributed by atoms with Gasteiger partial charge in [-0.1, -0.05) is 23.7 Å². The molecule has 1 aliphatic heterocycles. The van der Waals surface area contributed by atoms with Gasteiger partial charge in [0.15, 0.2) is 0 Å². The van der Waals surface area contributed by atoms with Crippen molar-refractivity contribution in [1.82, 2.24) is 15.2 Å². The van der Waals surface area contributed by atoms with Crippen molar-refractivity contribution in [2.24, 2.45) is 5.92 Å². The van der Waals surface area contributed by atoms with E-state index in [-0.39, 0.29) is 34.7 Å². The van der Waals surface area contributed by atoms with Crippen molar-refractivity contribution >= 4 is 29.2 Å². The topological polar surface area (TPSA) is 95.0 Å². The number of aliphatic hydroxyl groups is 1. The average Bonchev–Trinajstić information content (AvgIpc) is 2.90. The fourth-order valence-corrected chi connectivity index (χ4v) is 4.68. The zero-order valence-electron chi connectivity index (χ0n) is 21.8. The normalized spacial score (nSPS) is 16.8. The molecule has 2 aromatic rings. The maximum atomic E-state index is 14.7. The second-order valence-corrected chi connectivity index (χ2v) is 9.98. The number of carbonyl (C=O) groups excluding carboxylic acids is 2. The van der Waals surface area contributed by atoms with E-state index in [9.17, 15) is 32.3 Å². The number of methoxy groups -OCH3 is 1. The first-order valence-electron chi connectivity index (χ1n) is 12.3. The zero-order chi connectivity index (χ0) is 29.0. The van der Waals surface area contributed by atoms with E-state index in [1.54, 1.807) is 26.2 Å². The summed E-state index contributed by atoms with van der Waals surface area (Å²) in [4.78, 5) is 32.3. The molecule has 0 saturated carbocycles. The molecule has 0 radical (unpaired) electrons. The summed E-state index contributed by atoms with van der Waals surface area (Å²) in [7, 11) is 4.45. The van der Waals surface area contributed by atoms with Crippen LogP contribution < -0.4 is 15.0 Å². The average molecular weight is 575 g/mol. The standard InChI is InChI=1S/C26H31ClF4N4O4/c1-34(2)23(36)20-7-8-21(33-22(20)27)35-11-9-16(10-12-35)13-18(28)15-32-24(37)25(38,26(29,30)31)17-5-4-6-19(14-17)39-3/h4-8,14,16,18,38H,9-13,15H2,1-3H3,(H,32,37)/t18-,25?/m1/s1. The molecule has 1 fully saturated rings. The minimum atomic E-state index is -5.35. The molecule has 214 valence electrons. The highest BCUT2D eigenvalue weighted by atomic mass is 35.5. The maximum Gasteiger partial charge on any atom is 0.430 e. The summed E-state index contributed by atoms with van der Waals surface area (Å²) < 4.78 is 61.0. The van der Waals surface area contributed by atoms with Crippen LogP contribution in [0, 0.1) is 5.92 Å². The van der Waals surface area contributed by atoms with Crippen LogP contribution in [0.2, 0.25) is 5.15 Å². The fraction of sp³-hybridized carbons (Fsp3) is 0.500.